The third kappa shape index (κ3) is 3.97. The van der Waals surface area contributed by atoms with E-state index in [0.717, 1.165) is 5.56 Å². The Morgan fingerprint density at radius 1 is 0.968 bits per heavy atom. The maximum absolute atomic E-state index is 13.0. The van der Waals surface area contributed by atoms with Crippen LogP contribution in [-0.2, 0) is 16.4 Å². The quantitative estimate of drug-likeness (QED) is 0.779. The predicted molar refractivity (Wildman–Crippen MR) is 117 cm³/mol. The van der Waals surface area contributed by atoms with Crippen molar-refractivity contribution in [3.8, 4) is 5.75 Å². The number of carbonyl (C=O) groups is 2. The van der Waals surface area contributed by atoms with Crippen LogP contribution in [0.25, 0.3) is 0 Å². The molecule has 9 heteroatoms. The standard InChI is InChI=1S/C22H25N3O5S/c1-15-13-17-14-16(7-8-19(17)25(15)31(2,29)30)21(27)23-9-11-24(12-10-23)22(28)18-5-3-4-6-20(18)26/h3-8,14-15,26H,9-13H2,1-2H3. The zero-order valence-corrected chi connectivity index (χ0v) is 18.3. The van der Waals surface area contributed by atoms with Crippen LogP contribution >= 0.6 is 0 Å². The van der Waals surface area contributed by atoms with Crippen LogP contribution in [0.3, 0.4) is 0 Å². The first kappa shape index (κ1) is 21.2. The predicted octanol–water partition coefficient (Wildman–Crippen LogP) is 1.70. The summed E-state index contributed by atoms with van der Waals surface area (Å²) in [6, 6.07) is 11.4. The number of para-hydroxylation sites is 1. The van der Waals surface area contributed by atoms with Gasteiger partial charge in [-0.15, -0.1) is 0 Å². The Bertz CT molecular complexity index is 1140. The summed E-state index contributed by atoms with van der Waals surface area (Å²) in [7, 11) is -3.38. The number of hydrogen-bond donors (Lipinski definition) is 1. The molecule has 2 amide bonds. The molecule has 8 nitrogen and oxygen atoms in total. The molecule has 1 N–H and O–H groups in total. The van der Waals surface area contributed by atoms with E-state index in [9.17, 15) is 23.1 Å². The normalized spacial score (nSPS) is 18.8. The molecule has 0 bridgehead atoms. The van der Waals surface area contributed by atoms with E-state index in [1.54, 1.807) is 46.2 Å². The summed E-state index contributed by atoms with van der Waals surface area (Å²) in [4.78, 5) is 29.0. The van der Waals surface area contributed by atoms with Crippen molar-refractivity contribution in [2.75, 3.05) is 36.7 Å². The summed E-state index contributed by atoms with van der Waals surface area (Å²) in [6.07, 6.45) is 1.75. The number of fused-ring (bicyclic) bond motifs is 1. The zero-order chi connectivity index (χ0) is 22.3. The molecule has 164 valence electrons. The average Bonchev–Trinajstić information content (AvgIpc) is 3.08. The number of phenolic OH excluding ortho intramolecular Hbond substituents is 1. The number of benzene rings is 2. The SMILES string of the molecule is CC1Cc2cc(C(=O)N3CCN(C(=O)c4ccccc4O)CC3)ccc2N1S(C)(=O)=O. The molecular formula is C22H25N3O5S. The number of piperazine rings is 1. The van der Waals surface area contributed by atoms with Crippen molar-refractivity contribution in [2.45, 2.75) is 19.4 Å². The van der Waals surface area contributed by atoms with Crippen molar-refractivity contribution in [1.82, 2.24) is 9.80 Å². The molecule has 2 aromatic rings. The fraction of sp³-hybridized carbons (Fsp3) is 0.364. The molecule has 0 aromatic heterocycles. The van der Waals surface area contributed by atoms with Gasteiger partial charge in [-0.3, -0.25) is 13.9 Å². The van der Waals surface area contributed by atoms with E-state index in [4.69, 9.17) is 0 Å². The van der Waals surface area contributed by atoms with Crippen molar-refractivity contribution in [3.63, 3.8) is 0 Å². The lowest BCUT2D eigenvalue weighted by atomic mass is 10.1. The lowest BCUT2D eigenvalue weighted by Crippen LogP contribution is -2.50. The highest BCUT2D eigenvalue weighted by molar-refractivity contribution is 7.92. The van der Waals surface area contributed by atoms with Gasteiger partial charge in [-0.2, -0.15) is 0 Å². The molecule has 2 aliphatic rings. The van der Waals surface area contributed by atoms with Crippen molar-refractivity contribution < 1.29 is 23.1 Å². The van der Waals surface area contributed by atoms with Gasteiger partial charge in [-0.25, -0.2) is 8.42 Å². The molecule has 0 saturated carbocycles. The molecule has 1 saturated heterocycles. The monoisotopic (exact) mass is 443 g/mol. The second-order valence-electron chi connectivity index (χ2n) is 8.06. The molecule has 2 heterocycles. The van der Waals surface area contributed by atoms with Gasteiger partial charge in [-0.05, 0) is 49.2 Å². The van der Waals surface area contributed by atoms with Crippen LogP contribution in [0.15, 0.2) is 42.5 Å². The van der Waals surface area contributed by atoms with Gasteiger partial charge >= 0.3 is 0 Å². The van der Waals surface area contributed by atoms with Crippen LogP contribution in [-0.4, -0.2) is 73.6 Å². The number of hydrogen-bond acceptors (Lipinski definition) is 5. The lowest BCUT2D eigenvalue weighted by molar-refractivity contribution is 0.0533. The van der Waals surface area contributed by atoms with E-state index in [-0.39, 0.29) is 29.2 Å². The molecule has 1 atom stereocenters. The van der Waals surface area contributed by atoms with Crippen LogP contribution in [0, 0.1) is 0 Å². The molecule has 0 aliphatic carbocycles. The summed E-state index contributed by atoms with van der Waals surface area (Å²) in [6.45, 7) is 3.39. The number of aromatic hydroxyl groups is 1. The van der Waals surface area contributed by atoms with Gasteiger partial charge in [0, 0.05) is 37.8 Å². The molecule has 2 aliphatic heterocycles. The van der Waals surface area contributed by atoms with E-state index < -0.39 is 10.0 Å². The Kier molecular flexibility index (Phi) is 5.38. The minimum Gasteiger partial charge on any atom is -0.507 e. The Hall–Kier alpha value is -3.07. The number of nitrogens with zero attached hydrogens (tertiary/aromatic N) is 3. The second-order valence-corrected chi connectivity index (χ2v) is 9.92. The van der Waals surface area contributed by atoms with Crippen molar-refractivity contribution in [1.29, 1.82) is 0 Å². The molecule has 0 spiro atoms. The first-order valence-electron chi connectivity index (χ1n) is 10.2. The van der Waals surface area contributed by atoms with Crippen LogP contribution in [0.4, 0.5) is 5.69 Å². The zero-order valence-electron chi connectivity index (χ0n) is 17.5. The van der Waals surface area contributed by atoms with Crippen LogP contribution in [0.2, 0.25) is 0 Å². The summed E-state index contributed by atoms with van der Waals surface area (Å²) in [5.41, 5.74) is 2.24. The van der Waals surface area contributed by atoms with Crippen molar-refractivity contribution in [3.05, 3.63) is 59.2 Å². The lowest BCUT2D eigenvalue weighted by Gasteiger charge is -2.35. The minimum atomic E-state index is -3.38. The number of rotatable bonds is 3. The largest absolute Gasteiger partial charge is 0.507 e. The van der Waals surface area contributed by atoms with Crippen LogP contribution in [0.5, 0.6) is 5.75 Å². The number of anilines is 1. The van der Waals surface area contributed by atoms with Gasteiger partial charge in [0.25, 0.3) is 11.8 Å². The number of phenols is 1. The van der Waals surface area contributed by atoms with Gasteiger partial charge in [0.15, 0.2) is 0 Å². The van der Waals surface area contributed by atoms with Crippen molar-refractivity contribution >= 4 is 27.5 Å². The maximum atomic E-state index is 13.0. The third-order valence-electron chi connectivity index (χ3n) is 5.83. The minimum absolute atomic E-state index is 0.0542. The Morgan fingerprint density at radius 3 is 2.19 bits per heavy atom. The van der Waals surface area contributed by atoms with Crippen LogP contribution in [0.1, 0.15) is 33.2 Å². The first-order valence-corrected chi connectivity index (χ1v) is 12.0. The number of carbonyl (C=O) groups excluding carboxylic acids is 2. The smallest absolute Gasteiger partial charge is 0.257 e. The van der Waals surface area contributed by atoms with Gasteiger partial charge in [0.05, 0.1) is 17.5 Å². The maximum Gasteiger partial charge on any atom is 0.257 e. The van der Waals surface area contributed by atoms with Gasteiger partial charge in [0.1, 0.15) is 5.75 Å². The number of amides is 2. The summed E-state index contributed by atoms with van der Waals surface area (Å²) in [5.74, 6) is -0.443. The molecule has 1 unspecified atom stereocenters. The summed E-state index contributed by atoms with van der Waals surface area (Å²) >= 11 is 0. The van der Waals surface area contributed by atoms with E-state index in [1.807, 2.05) is 6.92 Å². The van der Waals surface area contributed by atoms with Gasteiger partial charge in [0.2, 0.25) is 10.0 Å². The fourth-order valence-corrected chi connectivity index (χ4v) is 5.62. The summed E-state index contributed by atoms with van der Waals surface area (Å²) < 4.78 is 25.6. The van der Waals surface area contributed by atoms with Crippen LogP contribution < -0.4 is 4.31 Å². The Labute approximate surface area is 181 Å². The summed E-state index contributed by atoms with van der Waals surface area (Å²) in [5, 5.41) is 9.91. The first-order chi connectivity index (χ1) is 14.7. The molecule has 31 heavy (non-hydrogen) atoms. The highest BCUT2D eigenvalue weighted by atomic mass is 32.2. The Balaban J connectivity index is 1.45. The van der Waals surface area contributed by atoms with E-state index in [1.165, 1.54) is 16.6 Å². The van der Waals surface area contributed by atoms with E-state index >= 15 is 0 Å². The Morgan fingerprint density at radius 2 is 1.58 bits per heavy atom. The number of sulfonamides is 1. The van der Waals surface area contributed by atoms with E-state index in [2.05, 4.69) is 0 Å². The molecule has 1 fully saturated rings. The third-order valence-corrected chi connectivity index (χ3v) is 7.10. The fourth-order valence-electron chi connectivity index (χ4n) is 4.36. The highest BCUT2D eigenvalue weighted by Gasteiger charge is 2.33. The second kappa shape index (κ2) is 7.88. The highest BCUT2D eigenvalue weighted by Crippen LogP contribution is 2.35. The average molecular weight is 444 g/mol. The molecular weight excluding hydrogens is 418 g/mol. The molecule has 2 aromatic carbocycles. The molecule has 4 rings (SSSR count). The van der Waals surface area contributed by atoms with E-state index in [0.29, 0.717) is 43.9 Å². The topological polar surface area (TPSA) is 98.2 Å². The van der Waals surface area contributed by atoms with Gasteiger partial charge < -0.3 is 14.9 Å². The molecule has 0 radical (unpaired) electrons. The van der Waals surface area contributed by atoms with Crippen molar-refractivity contribution in [2.24, 2.45) is 0 Å². The van der Waals surface area contributed by atoms with Gasteiger partial charge in [-0.1, -0.05) is 12.1 Å².